The predicted molar refractivity (Wildman–Crippen MR) is 149 cm³/mol. The third-order valence-corrected chi connectivity index (χ3v) is 8.62. The molecule has 2 aromatic rings. The van der Waals surface area contributed by atoms with E-state index in [0.717, 1.165) is 12.1 Å². The molecule has 0 unspecified atom stereocenters. The Kier molecular flexibility index (Phi) is 7.49. The molecule has 0 spiro atoms. The van der Waals surface area contributed by atoms with E-state index >= 15 is 0 Å². The summed E-state index contributed by atoms with van der Waals surface area (Å²) >= 11 is 6.68. The van der Waals surface area contributed by atoms with Crippen molar-refractivity contribution in [3.05, 3.63) is 56.8 Å². The van der Waals surface area contributed by atoms with E-state index < -0.39 is 0 Å². The second-order valence-electron chi connectivity index (χ2n) is 9.54. The van der Waals surface area contributed by atoms with E-state index in [2.05, 4.69) is 0 Å². The number of rotatable bonds is 7. The first kappa shape index (κ1) is 26.3. The zero-order valence-electron chi connectivity index (χ0n) is 21.5. The Labute approximate surface area is 230 Å². The van der Waals surface area contributed by atoms with Gasteiger partial charge in [0.1, 0.15) is 4.32 Å². The van der Waals surface area contributed by atoms with Crippen LogP contribution in [0.1, 0.15) is 30.0 Å². The molecule has 0 N–H and O–H groups in total. The summed E-state index contributed by atoms with van der Waals surface area (Å²) in [6.07, 6.45) is 2.90. The number of ether oxygens (including phenoxy) is 3. The number of aromatic nitrogens is 1. The van der Waals surface area contributed by atoms with Gasteiger partial charge in [0.05, 0.1) is 26.2 Å². The van der Waals surface area contributed by atoms with Crippen LogP contribution in [-0.4, -0.2) is 71.5 Å². The molecule has 3 aliphatic rings. The lowest BCUT2D eigenvalue weighted by atomic mass is 9.83. The molecule has 0 saturated carbocycles. The van der Waals surface area contributed by atoms with Crippen LogP contribution in [-0.2, 0) is 16.1 Å². The van der Waals surface area contributed by atoms with Crippen molar-refractivity contribution >= 4 is 46.2 Å². The van der Waals surface area contributed by atoms with Gasteiger partial charge in [-0.3, -0.25) is 19.3 Å². The number of carbonyl (C=O) groups is 2. The molecule has 9 nitrogen and oxygen atoms in total. The van der Waals surface area contributed by atoms with Gasteiger partial charge in [-0.15, -0.1) is 0 Å². The Morgan fingerprint density at radius 2 is 1.82 bits per heavy atom. The predicted octanol–water partition coefficient (Wildman–Crippen LogP) is 3.11. The number of amides is 2. The highest BCUT2D eigenvalue weighted by atomic mass is 32.2. The smallest absolute Gasteiger partial charge is 0.266 e. The number of hydrogen-bond donors (Lipinski definition) is 0. The molecule has 2 bridgehead atoms. The van der Waals surface area contributed by atoms with Gasteiger partial charge in [0.15, 0.2) is 11.5 Å². The van der Waals surface area contributed by atoms with E-state index in [4.69, 9.17) is 26.4 Å². The lowest BCUT2D eigenvalue weighted by Crippen LogP contribution is -2.49. The highest BCUT2D eigenvalue weighted by molar-refractivity contribution is 8.26. The van der Waals surface area contributed by atoms with Crippen LogP contribution in [0.4, 0.5) is 0 Å². The summed E-state index contributed by atoms with van der Waals surface area (Å²) < 4.78 is 18.5. The third kappa shape index (κ3) is 4.92. The van der Waals surface area contributed by atoms with Crippen LogP contribution in [0.15, 0.2) is 40.0 Å². The zero-order valence-corrected chi connectivity index (χ0v) is 23.1. The lowest BCUT2D eigenvalue weighted by Gasteiger charge is -2.42. The van der Waals surface area contributed by atoms with Crippen LogP contribution in [0.5, 0.6) is 17.2 Å². The van der Waals surface area contributed by atoms with E-state index in [1.165, 1.54) is 38.0 Å². The average molecular weight is 556 g/mol. The Hall–Kier alpha value is -3.31. The molecule has 5 rings (SSSR count). The molecule has 38 heavy (non-hydrogen) atoms. The Morgan fingerprint density at radius 3 is 2.50 bits per heavy atom. The molecular weight excluding hydrogens is 526 g/mol. The molecule has 2 saturated heterocycles. The molecule has 2 fully saturated rings. The van der Waals surface area contributed by atoms with Gasteiger partial charge in [0.2, 0.25) is 11.7 Å². The van der Waals surface area contributed by atoms with Gasteiger partial charge >= 0.3 is 0 Å². The lowest BCUT2D eigenvalue weighted by molar-refractivity contribution is -0.134. The number of benzene rings is 1. The summed E-state index contributed by atoms with van der Waals surface area (Å²) in [7, 11) is 4.60. The average Bonchev–Trinajstić information content (AvgIpc) is 3.18. The van der Waals surface area contributed by atoms with E-state index in [-0.39, 0.29) is 42.2 Å². The molecule has 0 radical (unpaired) electrons. The van der Waals surface area contributed by atoms with Crippen molar-refractivity contribution in [1.29, 1.82) is 0 Å². The molecule has 1 aromatic carbocycles. The van der Waals surface area contributed by atoms with E-state index in [1.54, 1.807) is 30.3 Å². The first-order valence-electron chi connectivity index (χ1n) is 12.4. The molecule has 2 amide bonds. The fraction of sp³-hybridized carbons (Fsp3) is 0.407. The molecule has 3 aliphatic heterocycles. The van der Waals surface area contributed by atoms with Crippen LogP contribution in [0.3, 0.4) is 0 Å². The van der Waals surface area contributed by atoms with Crippen LogP contribution >= 0.6 is 24.0 Å². The van der Waals surface area contributed by atoms with Crippen LogP contribution in [0.25, 0.3) is 6.08 Å². The van der Waals surface area contributed by atoms with Gasteiger partial charge in [0, 0.05) is 50.3 Å². The second kappa shape index (κ2) is 10.8. The topological polar surface area (TPSA) is 90.3 Å². The van der Waals surface area contributed by atoms with Crippen molar-refractivity contribution in [2.24, 2.45) is 5.92 Å². The number of fused-ring (bicyclic) bond motifs is 4. The van der Waals surface area contributed by atoms with Gasteiger partial charge in [0.25, 0.3) is 11.5 Å². The summed E-state index contributed by atoms with van der Waals surface area (Å²) in [6, 6.07) is 8.88. The van der Waals surface area contributed by atoms with Crippen LogP contribution < -0.4 is 19.8 Å². The quantitative estimate of drug-likeness (QED) is 0.380. The van der Waals surface area contributed by atoms with E-state index in [9.17, 15) is 14.4 Å². The number of piperidine rings is 1. The zero-order chi connectivity index (χ0) is 27.0. The monoisotopic (exact) mass is 555 g/mol. The van der Waals surface area contributed by atoms with Crippen molar-refractivity contribution in [3.8, 4) is 17.2 Å². The van der Waals surface area contributed by atoms with Crippen molar-refractivity contribution < 1.29 is 23.8 Å². The number of pyridine rings is 1. The Bertz CT molecular complexity index is 1360. The minimum atomic E-state index is -0.231. The molecule has 200 valence electrons. The second-order valence-corrected chi connectivity index (χ2v) is 11.2. The number of hydrogen-bond acceptors (Lipinski definition) is 8. The van der Waals surface area contributed by atoms with Gasteiger partial charge in [-0.2, -0.15) is 0 Å². The maximum absolute atomic E-state index is 13.2. The van der Waals surface area contributed by atoms with Crippen molar-refractivity contribution in [3.63, 3.8) is 0 Å². The standard InChI is InChI=1S/C27H29N3O6S2/c1-34-20-10-16(11-21(35-2)25(20)36-3)12-22-26(33)29(27(37)38-22)8-7-23(31)28-13-17-9-18(15-28)19-5-4-6-24(32)30(19)14-17/h4-6,10-12,17-18H,7-9,13-15H2,1-3H3/b22-12-/t17-,18+/m1/s1. The largest absolute Gasteiger partial charge is 0.493 e. The summed E-state index contributed by atoms with van der Waals surface area (Å²) in [5.74, 6) is 1.60. The Morgan fingerprint density at radius 1 is 1.08 bits per heavy atom. The number of thiocarbonyl (C=S) groups is 1. The van der Waals surface area contributed by atoms with Gasteiger partial charge < -0.3 is 23.7 Å². The first-order valence-corrected chi connectivity index (χ1v) is 13.6. The molecular formula is C27H29N3O6S2. The number of likely N-dealkylation sites (tertiary alicyclic amines) is 1. The van der Waals surface area contributed by atoms with Crippen molar-refractivity contribution in [2.45, 2.75) is 25.3 Å². The van der Waals surface area contributed by atoms with E-state index in [0.29, 0.717) is 51.7 Å². The Balaban J connectivity index is 1.25. The maximum atomic E-state index is 13.2. The third-order valence-electron chi connectivity index (χ3n) is 7.24. The van der Waals surface area contributed by atoms with Crippen molar-refractivity contribution in [2.75, 3.05) is 41.0 Å². The summed E-state index contributed by atoms with van der Waals surface area (Å²) in [5, 5.41) is 0. The van der Waals surface area contributed by atoms with Gasteiger partial charge in [-0.25, -0.2) is 0 Å². The van der Waals surface area contributed by atoms with Crippen LogP contribution in [0.2, 0.25) is 0 Å². The molecule has 0 aliphatic carbocycles. The normalized spacial score (nSPS) is 21.5. The number of nitrogens with zero attached hydrogens (tertiary/aromatic N) is 3. The van der Waals surface area contributed by atoms with Gasteiger partial charge in [-0.05, 0) is 42.2 Å². The highest BCUT2D eigenvalue weighted by Gasteiger charge is 2.37. The van der Waals surface area contributed by atoms with Gasteiger partial charge in [-0.1, -0.05) is 30.0 Å². The molecule has 2 atom stereocenters. The summed E-state index contributed by atoms with van der Waals surface area (Å²) in [5.41, 5.74) is 1.72. The summed E-state index contributed by atoms with van der Waals surface area (Å²) in [6.45, 7) is 2.06. The minimum absolute atomic E-state index is 0.00548. The maximum Gasteiger partial charge on any atom is 0.266 e. The molecule has 1 aromatic heterocycles. The fourth-order valence-electron chi connectivity index (χ4n) is 5.49. The van der Waals surface area contributed by atoms with Crippen molar-refractivity contribution in [1.82, 2.24) is 14.4 Å². The highest BCUT2D eigenvalue weighted by Crippen LogP contribution is 2.40. The number of thioether (sulfide) groups is 1. The SMILES string of the molecule is COc1cc(/C=C2\SC(=S)N(CCC(=O)N3C[C@H]4C[C@@H](C3)c3cccc(=O)n3C4)C2=O)cc(OC)c1OC. The molecule has 4 heterocycles. The summed E-state index contributed by atoms with van der Waals surface area (Å²) in [4.78, 5) is 42.4. The number of carbonyl (C=O) groups excluding carboxylic acids is 2. The minimum Gasteiger partial charge on any atom is -0.493 e. The number of methoxy groups -OCH3 is 3. The van der Waals surface area contributed by atoms with Crippen LogP contribution in [0, 0.1) is 5.92 Å². The van der Waals surface area contributed by atoms with E-state index in [1.807, 2.05) is 15.5 Å². The fourth-order valence-corrected chi connectivity index (χ4v) is 6.80. The first-order chi connectivity index (χ1) is 18.3. The molecule has 11 heteroatoms.